The average molecular weight is 221 g/mol. The Kier molecular flexibility index (Phi) is 2.39. The van der Waals surface area contributed by atoms with Crippen molar-refractivity contribution in [3.63, 3.8) is 0 Å². The number of aliphatic hydroxyl groups is 1. The van der Waals surface area contributed by atoms with E-state index in [2.05, 4.69) is 0 Å². The van der Waals surface area contributed by atoms with Gasteiger partial charge in [-0.25, -0.2) is 4.79 Å². The third-order valence-corrected chi connectivity index (χ3v) is 2.97. The van der Waals surface area contributed by atoms with Gasteiger partial charge in [-0.3, -0.25) is 4.57 Å². The highest BCUT2D eigenvalue weighted by atomic mass is 16.4. The van der Waals surface area contributed by atoms with Crippen molar-refractivity contribution in [3.05, 3.63) is 34.3 Å². The molecule has 0 atom stereocenters. The van der Waals surface area contributed by atoms with Crippen molar-refractivity contribution in [3.8, 4) is 0 Å². The van der Waals surface area contributed by atoms with E-state index in [-0.39, 0.29) is 17.8 Å². The molecule has 1 aromatic carbocycles. The van der Waals surface area contributed by atoms with Crippen molar-refractivity contribution >= 4 is 11.1 Å². The fourth-order valence-electron chi connectivity index (χ4n) is 1.64. The number of oxazole rings is 1. The highest BCUT2D eigenvalue weighted by Gasteiger charge is 2.20. The SMILES string of the molecule is Cn1c(=O)oc2ccc(C(C)(C)CO)cc21. The Hall–Kier alpha value is -1.55. The van der Waals surface area contributed by atoms with Gasteiger partial charge in [-0.2, -0.15) is 0 Å². The van der Waals surface area contributed by atoms with E-state index in [1.165, 1.54) is 4.57 Å². The van der Waals surface area contributed by atoms with Crippen LogP contribution >= 0.6 is 0 Å². The number of aryl methyl sites for hydroxylation is 1. The molecule has 0 aliphatic rings. The predicted molar refractivity (Wildman–Crippen MR) is 61.6 cm³/mol. The Morgan fingerprint density at radius 3 is 2.75 bits per heavy atom. The Morgan fingerprint density at radius 1 is 1.44 bits per heavy atom. The predicted octanol–water partition coefficient (Wildman–Crippen LogP) is 1.40. The molecule has 1 N–H and O–H groups in total. The van der Waals surface area contributed by atoms with Crippen LogP contribution in [0.2, 0.25) is 0 Å². The van der Waals surface area contributed by atoms with E-state index < -0.39 is 0 Å². The molecule has 86 valence electrons. The summed E-state index contributed by atoms with van der Waals surface area (Å²) in [6.45, 7) is 3.96. The second-order valence-electron chi connectivity index (χ2n) is 4.65. The number of nitrogens with zero attached hydrogens (tertiary/aromatic N) is 1. The monoisotopic (exact) mass is 221 g/mol. The highest BCUT2D eigenvalue weighted by Crippen LogP contribution is 2.25. The Bertz CT molecular complexity index is 577. The average Bonchev–Trinajstić information content (AvgIpc) is 2.55. The third kappa shape index (κ3) is 1.55. The van der Waals surface area contributed by atoms with Crippen LogP contribution in [0.4, 0.5) is 0 Å². The molecule has 0 amide bonds. The molecular formula is C12H15NO3. The molecule has 2 aromatic rings. The Labute approximate surface area is 93.1 Å². The van der Waals surface area contributed by atoms with Crippen LogP contribution in [-0.2, 0) is 12.5 Å². The molecule has 2 rings (SSSR count). The van der Waals surface area contributed by atoms with Gasteiger partial charge < -0.3 is 9.52 Å². The zero-order chi connectivity index (χ0) is 11.9. The van der Waals surface area contributed by atoms with E-state index in [9.17, 15) is 9.90 Å². The summed E-state index contributed by atoms with van der Waals surface area (Å²) < 4.78 is 6.51. The van der Waals surface area contributed by atoms with Crippen molar-refractivity contribution in [1.29, 1.82) is 0 Å². The zero-order valence-corrected chi connectivity index (χ0v) is 9.65. The summed E-state index contributed by atoms with van der Waals surface area (Å²) in [6, 6.07) is 5.53. The highest BCUT2D eigenvalue weighted by molar-refractivity contribution is 5.74. The van der Waals surface area contributed by atoms with E-state index in [1.807, 2.05) is 26.0 Å². The molecule has 0 saturated carbocycles. The smallest absolute Gasteiger partial charge is 0.408 e. The Balaban J connectivity index is 2.68. The molecule has 4 nitrogen and oxygen atoms in total. The standard InChI is InChI=1S/C12H15NO3/c1-12(2,7-14)8-4-5-10-9(6-8)13(3)11(15)16-10/h4-6,14H,7H2,1-3H3. The number of fused-ring (bicyclic) bond motifs is 1. The second-order valence-corrected chi connectivity index (χ2v) is 4.65. The summed E-state index contributed by atoms with van der Waals surface area (Å²) in [6.07, 6.45) is 0. The Morgan fingerprint density at radius 2 is 2.12 bits per heavy atom. The summed E-state index contributed by atoms with van der Waals surface area (Å²) in [5, 5.41) is 9.30. The maximum Gasteiger partial charge on any atom is 0.419 e. The van der Waals surface area contributed by atoms with Gasteiger partial charge in [0.15, 0.2) is 5.58 Å². The summed E-state index contributed by atoms with van der Waals surface area (Å²) in [4.78, 5) is 11.3. The molecule has 0 aliphatic heterocycles. The largest absolute Gasteiger partial charge is 0.419 e. The number of hydrogen-bond donors (Lipinski definition) is 1. The van der Waals surface area contributed by atoms with E-state index in [0.29, 0.717) is 5.58 Å². The molecule has 0 aliphatic carbocycles. The van der Waals surface area contributed by atoms with Crippen LogP contribution in [0.1, 0.15) is 19.4 Å². The number of hydrogen-bond acceptors (Lipinski definition) is 3. The van der Waals surface area contributed by atoms with Crippen LogP contribution in [0.25, 0.3) is 11.1 Å². The second kappa shape index (κ2) is 3.49. The summed E-state index contributed by atoms with van der Waals surface area (Å²) in [5.41, 5.74) is 1.99. The van der Waals surface area contributed by atoms with Crippen LogP contribution in [0.15, 0.2) is 27.4 Å². The zero-order valence-electron chi connectivity index (χ0n) is 9.65. The molecule has 0 saturated heterocycles. The number of benzene rings is 1. The lowest BCUT2D eigenvalue weighted by Gasteiger charge is -2.22. The van der Waals surface area contributed by atoms with Crippen molar-refractivity contribution in [1.82, 2.24) is 4.57 Å². The molecule has 1 heterocycles. The minimum atomic E-state index is -0.367. The minimum Gasteiger partial charge on any atom is -0.408 e. The van der Waals surface area contributed by atoms with Crippen LogP contribution in [0.3, 0.4) is 0 Å². The first-order valence-corrected chi connectivity index (χ1v) is 5.16. The number of rotatable bonds is 2. The molecule has 0 spiro atoms. The molecule has 0 unspecified atom stereocenters. The molecule has 1 aromatic heterocycles. The fraction of sp³-hybridized carbons (Fsp3) is 0.417. The van der Waals surface area contributed by atoms with Gasteiger partial charge in [0.2, 0.25) is 0 Å². The summed E-state index contributed by atoms with van der Waals surface area (Å²) in [7, 11) is 1.67. The lowest BCUT2D eigenvalue weighted by Crippen LogP contribution is -2.22. The van der Waals surface area contributed by atoms with Crippen molar-refractivity contribution < 1.29 is 9.52 Å². The van der Waals surface area contributed by atoms with Crippen molar-refractivity contribution in [2.75, 3.05) is 6.61 Å². The van der Waals surface area contributed by atoms with Crippen LogP contribution < -0.4 is 5.76 Å². The van der Waals surface area contributed by atoms with Gasteiger partial charge in [-0.15, -0.1) is 0 Å². The van der Waals surface area contributed by atoms with E-state index in [0.717, 1.165) is 11.1 Å². The number of aliphatic hydroxyl groups excluding tert-OH is 1. The lowest BCUT2D eigenvalue weighted by molar-refractivity contribution is 0.218. The molecule has 16 heavy (non-hydrogen) atoms. The number of aromatic nitrogens is 1. The van der Waals surface area contributed by atoms with E-state index >= 15 is 0 Å². The van der Waals surface area contributed by atoms with Gasteiger partial charge in [-0.1, -0.05) is 19.9 Å². The van der Waals surface area contributed by atoms with Gasteiger partial charge in [0.1, 0.15) is 0 Å². The first-order chi connectivity index (χ1) is 7.45. The molecular weight excluding hydrogens is 206 g/mol. The van der Waals surface area contributed by atoms with Crippen molar-refractivity contribution in [2.24, 2.45) is 7.05 Å². The van der Waals surface area contributed by atoms with E-state index in [4.69, 9.17) is 4.42 Å². The summed E-state index contributed by atoms with van der Waals surface area (Å²) in [5.74, 6) is -0.367. The van der Waals surface area contributed by atoms with Gasteiger partial charge in [-0.05, 0) is 17.7 Å². The van der Waals surface area contributed by atoms with Gasteiger partial charge in [0, 0.05) is 12.5 Å². The summed E-state index contributed by atoms with van der Waals surface area (Å²) >= 11 is 0. The molecule has 0 bridgehead atoms. The normalized spacial score (nSPS) is 12.2. The van der Waals surface area contributed by atoms with Crippen LogP contribution in [-0.4, -0.2) is 16.3 Å². The maximum absolute atomic E-state index is 11.3. The van der Waals surface area contributed by atoms with Crippen LogP contribution in [0, 0.1) is 0 Å². The van der Waals surface area contributed by atoms with Gasteiger partial charge in [0.05, 0.1) is 12.1 Å². The van der Waals surface area contributed by atoms with Crippen LogP contribution in [0.5, 0.6) is 0 Å². The maximum atomic E-state index is 11.3. The lowest BCUT2D eigenvalue weighted by atomic mass is 9.85. The first-order valence-electron chi connectivity index (χ1n) is 5.16. The fourth-order valence-corrected chi connectivity index (χ4v) is 1.64. The van der Waals surface area contributed by atoms with E-state index in [1.54, 1.807) is 13.1 Å². The topological polar surface area (TPSA) is 55.4 Å². The minimum absolute atomic E-state index is 0.0598. The van der Waals surface area contributed by atoms with Gasteiger partial charge in [0.25, 0.3) is 0 Å². The molecule has 4 heteroatoms. The quantitative estimate of drug-likeness (QED) is 0.834. The van der Waals surface area contributed by atoms with Gasteiger partial charge >= 0.3 is 5.76 Å². The van der Waals surface area contributed by atoms with Crippen molar-refractivity contribution in [2.45, 2.75) is 19.3 Å². The molecule has 0 fully saturated rings. The third-order valence-electron chi connectivity index (χ3n) is 2.97. The first kappa shape index (κ1) is 11.0. The molecule has 0 radical (unpaired) electrons.